The highest BCUT2D eigenvalue weighted by atomic mass is 32.2. The van der Waals surface area contributed by atoms with Gasteiger partial charge >= 0.3 is 0 Å². The fraction of sp³-hybridized carbons (Fsp3) is 0.500. The Morgan fingerprint density at radius 2 is 2.11 bits per heavy atom. The van der Waals surface area contributed by atoms with E-state index in [4.69, 9.17) is 5.73 Å². The molecule has 6 heteroatoms. The molecule has 0 atom stereocenters. The molecule has 0 aliphatic heterocycles. The molecule has 0 spiro atoms. The number of hydrogen-bond acceptors (Lipinski definition) is 4. The molecule has 0 unspecified atom stereocenters. The Morgan fingerprint density at radius 3 is 2.61 bits per heavy atom. The van der Waals surface area contributed by atoms with Gasteiger partial charge in [0.25, 0.3) is 0 Å². The molecular weight excluding hydrogens is 250 g/mol. The third-order valence-corrected chi connectivity index (χ3v) is 4.62. The van der Waals surface area contributed by atoms with Crippen LogP contribution in [-0.4, -0.2) is 28.1 Å². The van der Waals surface area contributed by atoms with Crippen LogP contribution in [0.5, 0.6) is 0 Å². The van der Waals surface area contributed by atoms with Gasteiger partial charge in [-0.05, 0) is 45.0 Å². The summed E-state index contributed by atoms with van der Waals surface area (Å²) in [5.74, 6) is 0. The highest BCUT2D eigenvalue weighted by Crippen LogP contribution is 2.35. The molecule has 3 N–H and O–H groups in total. The first-order chi connectivity index (χ1) is 8.49. The second-order valence-electron chi connectivity index (χ2n) is 4.45. The van der Waals surface area contributed by atoms with Gasteiger partial charge in [0.1, 0.15) is 4.90 Å². The molecule has 1 aliphatic rings. The molecule has 100 valence electrons. The van der Waals surface area contributed by atoms with Crippen molar-refractivity contribution < 1.29 is 8.42 Å². The predicted octanol–water partition coefficient (Wildman–Crippen LogP) is 1.17. The molecule has 1 aromatic carbocycles. The van der Waals surface area contributed by atoms with E-state index in [1.54, 1.807) is 12.1 Å². The van der Waals surface area contributed by atoms with Gasteiger partial charge in [0, 0.05) is 18.3 Å². The number of nitrogens with two attached hydrogens (primary N) is 1. The van der Waals surface area contributed by atoms with E-state index in [0.29, 0.717) is 11.7 Å². The molecule has 0 aromatic heterocycles. The minimum Gasteiger partial charge on any atom is -0.399 e. The number of nitrogens with one attached hydrogen (secondary N) is 1. The van der Waals surface area contributed by atoms with Gasteiger partial charge in [0.15, 0.2) is 0 Å². The number of rotatable bonds is 5. The highest BCUT2D eigenvalue weighted by Gasteiger charge is 2.31. The van der Waals surface area contributed by atoms with Crippen LogP contribution < -0.4 is 15.4 Å². The molecule has 0 heterocycles. The van der Waals surface area contributed by atoms with Gasteiger partial charge < -0.3 is 10.6 Å². The van der Waals surface area contributed by atoms with Crippen LogP contribution in [0.1, 0.15) is 19.8 Å². The van der Waals surface area contributed by atoms with Crippen molar-refractivity contribution in [2.24, 2.45) is 0 Å². The number of hydrogen-bond donors (Lipinski definition) is 2. The minimum absolute atomic E-state index is 0.263. The van der Waals surface area contributed by atoms with Crippen molar-refractivity contribution in [1.82, 2.24) is 4.72 Å². The van der Waals surface area contributed by atoms with Gasteiger partial charge in [-0.1, -0.05) is 0 Å². The van der Waals surface area contributed by atoms with Gasteiger partial charge in [-0.3, -0.25) is 0 Å². The van der Waals surface area contributed by atoms with Crippen molar-refractivity contribution in [2.75, 3.05) is 24.2 Å². The van der Waals surface area contributed by atoms with Crippen molar-refractivity contribution >= 4 is 21.4 Å². The van der Waals surface area contributed by atoms with Crippen LogP contribution in [0.3, 0.4) is 0 Å². The van der Waals surface area contributed by atoms with Gasteiger partial charge in [0.2, 0.25) is 10.0 Å². The first-order valence-corrected chi connectivity index (χ1v) is 7.57. The topological polar surface area (TPSA) is 75.4 Å². The van der Waals surface area contributed by atoms with Crippen molar-refractivity contribution in [3.63, 3.8) is 0 Å². The Kier molecular flexibility index (Phi) is 3.49. The summed E-state index contributed by atoms with van der Waals surface area (Å²) in [5.41, 5.74) is 6.90. The second kappa shape index (κ2) is 4.78. The average molecular weight is 269 g/mol. The summed E-state index contributed by atoms with van der Waals surface area (Å²) in [5, 5.41) is 0. The van der Waals surface area contributed by atoms with Crippen LogP contribution in [0.15, 0.2) is 23.1 Å². The zero-order valence-electron chi connectivity index (χ0n) is 10.7. The summed E-state index contributed by atoms with van der Waals surface area (Å²) in [6.45, 7) is 2.82. The monoisotopic (exact) mass is 269 g/mol. The Balaban J connectivity index is 2.52. The molecule has 5 nitrogen and oxygen atoms in total. The molecule has 0 radical (unpaired) electrons. The van der Waals surface area contributed by atoms with Crippen LogP contribution in [0.4, 0.5) is 11.4 Å². The maximum atomic E-state index is 12.0. The summed E-state index contributed by atoms with van der Waals surface area (Å²) in [7, 11) is -2.07. The molecule has 1 aliphatic carbocycles. The maximum absolute atomic E-state index is 12.0. The number of nitrogen functional groups attached to an aromatic ring is 1. The lowest BCUT2D eigenvalue weighted by Gasteiger charge is -2.25. The van der Waals surface area contributed by atoms with E-state index in [2.05, 4.69) is 9.62 Å². The summed E-state index contributed by atoms with van der Waals surface area (Å²) in [4.78, 5) is 2.39. The minimum atomic E-state index is -3.48. The lowest BCUT2D eigenvalue weighted by Crippen LogP contribution is -2.29. The van der Waals surface area contributed by atoms with Crippen molar-refractivity contribution in [2.45, 2.75) is 30.7 Å². The van der Waals surface area contributed by atoms with Gasteiger partial charge in [-0.25, -0.2) is 13.1 Å². The predicted molar refractivity (Wildman–Crippen MR) is 73.1 cm³/mol. The molecule has 18 heavy (non-hydrogen) atoms. The molecule has 0 saturated heterocycles. The smallest absolute Gasteiger partial charge is 0.242 e. The quantitative estimate of drug-likeness (QED) is 0.787. The molecular formula is C12H19N3O2S. The van der Waals surface area contributed by atoms with E-state index >= 15 is 0 Å². The number of nitrogens with zero attached hydrogens (tertiary/aromatic N) is 1. The molecule has 1 fully saturated rings. The van der Waals surface area contributed by atoms with E-state index in [1.807, 2.05) is 6.92 Å². The third-order valence-electron chi connectivity index (χ3n) is 3.18. The van der Waals surface area contributed by atoms with Gasteiger partial charge in [0.05, 0.1) is 5.69 Å². The lowest BCUT2D eigenvalue weighted by atomic mass is 10.2. The van der Waals surface area contributed by atoms with Crippen molar-refractivity contribution in [3.8, 4) is 0 Å². The number of anilines is 2. The molecule has 2 rings (SSSR count). The summed E-state index contributed by atoms with van der Waals surface area (Å²) >= 11 is 0. The van der Waals surface area contributed by atoms with E-state index in [9.17, 15) is 8.42 Å². The fourth-order valence-corrected chi connectivity index (χ4v) is 3.08. The Hall–Kier alpha value is -1.27. The van der Waals surface area contributed by atoms with Gasteiger partial charge in [-0.2, -0.15) is 0 Å². The van der Waals surface area contributed by atoms with Crippen LogP contribution in [0, 0.1) is 0 Å². The first-order valence-electron chi connectivity index (χ1n) is 6.09. The van der Waals surface area contributed by atoms with E-state index in [-0.39, 0.29) is 4.90 Å². The normalized spacial score (nSPS) is 15.7. The van der Waals surface area contributed by atoms with Crippen LogP contribution in [0.25, 0.3) is 0 Å². The highest BCUT2D eigenvalue weighted by molar-refractivity contribution is 7.89. The van der Waals surface area contributed by atoms with E-state index < -0.39 is 10.0 Å². The van der Waals surface area contributed by atoms with Crippen molar-refractivity contribution in [3.05, 3.63) is 18.2 Å². The van der Waals surface area contributed by atoms with Crippen LogP contribution >= 0.6 is 0 Å². The summed E-state index contributed by atoms with van der Waals surface area (Å²) in [6, 6.07) is 5.52. The number of sulfonamides is 1. The van der Waals surface area contributed by atoms with E-state index in [0.717, 1.165) is 25.1 Å². The molecule has 0 bridgehead atoms. The zero-order chi connectivity index (χ0) is 13.3. The molecule has 0 amide bonds. The standard InChI is InChI=1S/C12H19N3O2S/c1-3-15(10-5-6-10)11-7-4-9(13)8-12(11)18(16,17)14-2/h4,7-8,10,14H,3,5-6,13H2,1-2H3. The van der Waals surface area contributed by atoms with Crippen LogP contribution in [-0.2, 0) is 10.0 Å². The number of benzene rings is 1. The largest absolute Gasteiger partial charge is 0.399 e. The Bertz CT molecular complexity index is 538. The Labute approximate surface area is 108 Å². The Morgan fingerprint density at radius 1 is 1.44 bits per heavy atom. The van der Waals surface area contributed by atoms with Gasteiger partial charge in [-0.15, -0.1) is 0 Å². The lowest BCUT2D eigenvalue weighted by molar-refractivity contribution is 0.587. The summed E-state index contributed by atoms with van der Waals surface area (Å²) in [6.07, 6.45) is 2.24. The van der Waals surface area contributed by atoms with Crippen molar-refractivity contribution in [1.29, 1.82) is 0 Å². The SMILES string of the molecule is CCN(c1ccc(N)cc1S(=O)(=O)NC)C1CC1. The van der Waals surface area contributed by atoms with E-state index in [1.165, 1.54) is 13.1 Å². The third kappa shape index (κ3) is 2.44. The first kappa shape index (κ1) is 13.2. The second-order valence-corrected chi connectivity index (χ2v) is 6.31. The molecule has 1 saturated carbocycles. The van der Waals surface area contributed by atoms with Crippen LogP contribution in [0.2, 0.25) is 0 Å². The summed E-state index contributed by atoms with van der Waals surface area (Å²) < 4.78 is 26.4. The maximum Gasteiger partial charge on any atom is 0.242 e. The zero-order valence-corrected chi connectivity index (χ0v) is 11.5. The molecule has 1 aromatic rings. The fourth-order valence-electron chi connectivity index (χ4n) is 2.10. The average Bonchev–Trinajstić information content (AvgIpc) is 3.16.